The molecular weight excluding hydrogens is 268 g/mol. The van der Waals surface area contributed by atoms with E-state index >= 15 is 0 Å². The zero-order chi connectivity index (χ0) is 21.2. The van der Waals surface area contributed by atoms with E-state index in [0.717, 1.165) is 6.07 Å². The van der Waals surface area contributed by atoms with Gasteiger partial charge >= 0.3 is 5.97 Å². The molecule has 0 saturated heterocycles. The van der Waals surface area contributed by atoms with E-state index in [9.17, 15) is 14.7 Å². The molecule has 3 aromatic rings. The first kappa shape index (κ1) is 7.41. The van der Waals surface area contributed by atoms with E-state index < -0.39 is 64.4 Å². The lowest BCUT2D eigenvalue weighted by atomic mass is 10.0. The molecule has 1 heterocycles. The quantitative estimate of drug-likeness (QED) is 0.736. The van der Waals surface area contributed by atoms with E-state index in [1.54, 1.807) is 0 Å². The number of carboxylic acids is 1. The van der Waals surface area contributed by atoms with Crippen LogP contribution in [0.15, 0.2) is 39.5 Å². The van der Waals surface area contributed by atoms with Crippen molar-refractivity contribution in [1.82, 2.24) is 0 Å². The van der Waals surface area contributed by atoms with E-state index in [4.69, 9.17) is 14.0 Å². The molecule has 0 bridgehead atoms. The number of para-hydroxylation sites is 1. The van der Waals surface area contributed by atoms with Gasteiger partial charge in [0.1, 0.15) is 11.2 Å². The highest BCUT2D eigenvalue weighted by Gasteiger charge is 2.14. The number of hydrogen-bond donors (Lipinski definition) is 1. The summed E-state index contributed by atoms with van der Waals surface area (Å²) in [4.78, 5) is 24.3. The number of aryl methyl sites for hydroxylation is 1. The lowest BCUT2D eigenvalue weighted by Crippen LogP contribution is -2.06. The maximum atomic E-state index is 13.0. The van der Waals surface area contributed by atoms with Crippen LogP contribution in [-0.4, -0.2) is 11.1 Å². The number of aliphatic carboxylic acids is 1. The Morgan fingerprint density at radius 2 is 2.19 bits per heavy atom. The highest BCUT2D eigenvalue weighted by Crippen LogP contribution is 2.25. The predicted octanol–water partition coefficient (Wildman–Crippen LogP) is 3.19. The molecule has 1 aromatic heterocycles. The van der Waals surface area contributed by atoms with E-state index in [1.807, 2.05) is 0 Å². The highest BCUT2D eigenvalue weighted by atomic mass is 16.4. The first-order valence-corrected chi connectivity index (χ1v) is 6.03. The molecule has 0 spiro atoms. The van der Waals surface area contributed by atoms with Crippen LogP contribution in [-0.2, 0) is 11.2 Å². The second-order valence-corrected chi connectivity index (χ2v) is 4.50. The molecule has 2 aromatic carbocycles. The van der Waals surface area contributed by atoms with Gasteiger partial charge < -0.3 is 9.52 Å². The number of fused-ring (bicyclic) bond motifs is 2. The Morgan fingerprint density at radius 3 is 2.90 bits per heavy atom. The number of hydrogen-bond acceptors (Lipinski definition) is 3. The Bertz CT molecular complexity index is 1210. The molecule has 4 nitrogen and oxygen atoms in total. The lowest BCUT2D eigenvalue weighted by Gasteiger charge is -2.08. The molecule has 3 rings (SSSR count). The van der Waals surface area contributed by atoms with Crippen molar-refractivity contribution in [3.8, 4) is 0 Å². The smallest absolute Gasteiger partial charge is 0.307 e. The fraction of sp³-hybridized carbons (Fsp3) is 0.176. The molecule has 0 atom stereocenters. The van der Waals surface area contributed by atoms with Gasteiger partial charge in [-0.15, -0.1) is 0 Å². The molecule has 21 heavy (non-hydrogen) atoms. The topological polar surface area (TPSA) is 67.5 Å². The van der Waals surface area contributed by atoms with Crippen molar-refractivity contribution in [2.24, 2.45) is 0 Å². The van der Waals surface area contributed by atoms with Crippen LogP contribution in [0.5, 0.6) is 0 Å². The molecule has 0 fully saturated rings. The minimum absolute atomic E-state index is 0.0706. The van der Waals surface area contributed by atoms with Crippen LogP contribution in [0.2, 0.25) is 0 Å². The molecule has 0 unspecified atom stereocenters. The normalized spacial score (nSPS) is 17.3. The van der Waals surface area contributed by atoms with Crippen LogP contribution in [0.1, 0.15) is 26.3 Å². The monoisotopic (exact) mass is 289 g/mol. The summed E-state index contributed by atoms with van der Waals surface area (Å²) in [6.07, 6.45) is -2.91. The zero-order valence-electron chi connectivity index (χ0n) is 17.9. The van der Waals surface area contributed by atoms with Crippen molar-refractivity contribution in [3.63, 3.8) is 0 Å². The summed E-state index contributed by atoms with van der Waals surface area (Å²) in [5, 5.41) is 8.59. The van der Waals surface area contributed by atoms with Crippen molar-refractivity contribution in [2.75, 3.05) is 0 Å². The lowest BCUT2D eigenvalue weighted by molar-refractivity contribution is -0.136. The first-order valence-electron chi connectivity index (χ1n) is 9.53. The molecule has 0 aliphatic rings. The van der Waals surface area contributed by atoms with E-state index in [1.165, 1.54) is 19.1 Å². The van der Waals surface area contributed by atoms with Crippen molar-refractivity contribution >= 4 is 27.9 Å². The summed E-state index contributed by atoms with van der Waals surface area (Å²) >= 11 is 0. The van der Waals surface area contributed by atoms with Gasteiger partial charge in [0, 0.05) is 12.4 Å². The van der Waals surface area contributed by atoms with Gasteiger partial charge in [0.25, 0.3) is 0 Å². The number of benzene rings is 2. The molecule has 4 heteroatoms. The van der Waals surface area contributed by atoms with E-state index in [-0.39, 0.29) is 10.9 Å². The fourth-order valence-electron chi connectivity index (χ4n) is 2.11. The Morgan fingerprint density at radius 1 is 1.38 bits per heavy atom. The van der Waals surface area contributed by atoms with E-state index in [2.05, 4.69) is 0 Å². The Kier molecular flexibility index (Phi) is 1.67. The predicted molar refractivity (Wildman–Crippen MR) is 80.8 cm³/mol. The van der Waals surface area contributed by atoms with Crippen molar-refractivity contribution in [3.05, 3.63) is 57.2 Å². The molecule has 1 N–H and O–H groups in total. The maximum absolute atomic E-state index is 13.0. The number of carbonyl (C=O) groups is 1. The van der Waals surface area contributed by atoms with Gasteiger partial charge in [-0.1, -0.05) is 18.2 Å². The standard InChI is InChI=1S/C17H14O4/c1-9-6-7-13-15(20)12-5-3-4-11(8-14(18)19)17(12)21-16(13)10(9)2/h3-7H,8H2,1-2H3,(H,18,19)/i2D3,6D,7D,8D2. The summed E-state index contributed by atoms with van der Waals surface area (Å²) in [6.45, 7) is -1.47. The summed E-state index contributed by atoms with van der Waals surface area (Å²) in [6, 6.07) is 2.73. The summed E-state index contributed by atoms with van der Waals surface area (Å²) in [5.41, 5.74) is -2.67. The fourth-order valence-corrected chi connectivity index (χ4v) is 2.11. The van der Waals surface area contributed by atoms with Gasteiger partial charge in [-0.2, -0.15) is 0 Å². The minimum Gasteiger partial charge on any atom is -0.481 e. The Hall–Kier alpha value is -2.62. The summed E-state index contributed by atoms with van der Waals surface area (Å²) in [7, 11) is 0. The van der Waals surface area contributed by atoms with Crippen molar-refractivity contribution in [1.29, 1.82) is 0 Å². The summed E-state index contributed by atoms with van der Waals surface area (Å²) < 4.78 is 60.5. The SMILES string of the molecule is [2H]c1c(C)c(C([2H])([2H])[2H])c2oc3c(C([2H])([2H])C(=O)O)cccc3c(=O)c2c1[2H]. The molecular formula is C17H14O4. The molecule has 0 aliphatic carbocycles. The van der Waals surface area contributed by atoms with Crippen molar-refractivity contribution < 1.29 is 23.9 Å². The van der Waals surface area contributed by atoms with Gasteiger partial charge in [-0.25, -0.2) is 0 Å². The molecule has 0 amide bonds. The second-order valence-electron chi connectivity index (χ2n) is 4.50. The first-order chi connectivity index (χ1) is 12.8. The van der Waals surface area contributed by atoms with E-state index in [0.29, 0.717) is 0 Å². The number of rotatable bonds is 2. The number of carboxylic acid groups (broad SMARTS) is 1. The average Bonchev–Trinajstić information content (AvgIpc) is 2.58. The molecule has 0 saturated carbocycles. The minimum atomic E-state index is -2.91. The highest BCUT2D eigenvalue weighted by molar-refractivity contribution is 5.93. The van der Waals surface area contributed by atoms with Gasteiger partial charge in [0.05, 0.1) is 19.9 Å². The van der Waals surface area contributed by atoms with Crippen molar-refractivity contribution in [2.45, 2.75) is 20.1 Å². The molecule has 0 radical (unpaired) electrons. The van der Waals surface area contributed by atoms with Crippen LogP contribution in [0.4, 0.5) is 0 Å². The van der Waals surface area contributed by atoms with Gasteiger partial charge in [0.15, 0.2) is 0 Å². The Labute approximate surface area is 130 Å². The average molecular weight is 289 g/mol. The van der Waals surface area contributed by atoms with Gasteiger partial charge in [0.2, 0.25) is 5.43 Å². The third kappa shape index (κ3) is 2.09. The third-order valence-corrected chi connectivity index (χ3v) is 3.14. The third-order valence-electron chi connectivity index (χ3n) is 3.14. The molecule has 106 valence electrons. The van der Waals surface area contributed by atoms with Crippen LogP contribution < -0.4 is 5.43 Å². The van der Waals surface area contributed by atoms with Gasteiger partial charge in [-0.3, -0.25) is 9.59 Å². The maximum Gasteiger partial charge on any atom is 0.307 e. The van der Waals surface area contributed by atoms with Crippen LogP contribution in [0, 0.1) is 13.8 Å². The van der Waals surface area contributed by atoms with Gasteiger partial charge in [-0.05, 0) is 37.0 Å². The largest absolute Gasteiger partial charge is 0.481 e. The van der Waals surface area contributed by atoms with Crippen LogP contribution in [0.25, 0.3) is 21.9 Å². The zero-order valence-corrected chi connectivity index (χ0v) is 10.9. The molecule has 0 aliphatic heterocycles. The van der Waals surface area contributed by atoms with Crippen LogP contribution in [0.3, 0.4) is 0 Å². The van der Waals surface area contributed by atoms with Crippen LogP contribution >= 0.6 is 0 Å². The summed E-state index contributed by atoms with van der Waals surface area (Å²) in [5.74, 6) is -1.81. The Balaban J connectivity index is 2.67. The second kappa shape index (κ2) is 4.74.